The van der Waals surface area contributed by atoms with Crippen molar-refractivity contribution < 1.29 is 9.53 Å². The number of aliphatic imine (C=N–C) groups is 1. The Labute approximate surface area is 164 Å². The molecule has 3 fully saturated rings. The van der Waals surface area contributed by atoms with Gasteiger partial charge in [0, 0.05) is 32.8 Å². The molecule has 6 heteroatoms. The molecule has 0 radical (unpaired) electrons. The third-order valence-corrected chi connectivity index (χ3v) is 6.65. The topological polar surface area (TPSA) is 66.0 Å². The summed E-state index contributed by atoms with van der Waals surface area (Å²) >= 11 is 0. The molecule has 1 amide bonds. The Kier molecular flexibility index (Phi) is 7.01. The fourth-order valence-electron chi connectivity index (χ4n) is 4.84. The zero-order valence-electron chi connectivity index (χ0n) is 17.4. The van der Waals surface area contributed by atoms with E-state index in [1.54, 1.807) is 19.0 Å². The molecule has 3 atom stereocenters. The van der Waals surface area contributed by atoms with Crippen molar-refractivity contribution in [2.45, 2.75) is 88.8 Å². The fraction of sp³-hybridized carbons (Fsp3) is 0.905. The van der Waals surface area contributed by atoms with Crippen LogP contribution in [-0.2, 0) is 9.53 Å². The normalized spacial score (nSPS) is 30.9. The lowest BCUT2D eigenvalue weighted by molar-refractivity contribution is -0.127. The summed E-state index contributed by atoms with van der Waals surface area (Å²) in [6.07, 6.45) is 12.0. The van der Waals surface area contributed by atoms with Crippen molar-refractivity contribution >= 4 is 11.9 Å². The molecule has 2 aliphatic carbocycles. The molecule has 3 unspecified atom stereocenters. The lowest BCUT2D eigenvalue weighted by Crippen LogP contribution is -2.54. The van der Waals surface area contributed by atoms with Crippen molar-refractivity contribution in [3.8, 4) is 0 Å². The maximum absolute atomic E-state index is 12.0. The third kappa shape index (κ3) is 5.59. The van der Waals surface area contributed by atoms with Crippen molar-refractivity contribution in [3.05, 3.63) is 0 Å². The summed E-state index contributed by atoms with van der Waals surface area (Å²) in [6, 6.07) is 0.816. The van der Waals surface area contributed by atoms with Crippen LogP contribution in [0.1, 0.15) is 71.1 Å². The minimum Gasteiger partial charge on any atom is -0.375 e. The molecule has 1 aliphatic heterocycles. The van der Waals surface area contributed by atoms with Gasteiger partial charge < -0.3 is 20.3 Å². The molecule has 2 N–H and O–H groups in total. The van der Waals surface area contributed by atoms with Crippen molar-refractivity contribution in [1.29, 1.82) is 0 Å². The molecule has 0 bridgehead atoms. The molecule has 3 aliphatic rings. The highest BCUT2D eigenvalue weighted by molar-refractivity contribution is 5.85. The quantitative estimate of drug-likeness (QED) is 0.583. The van der Waals surface area contributed by atoms with Crippen molar-refractivity contribution in [1.82, 2.24) is 15.5 Å². The van der Waals surface area contributed by atoms with Gasteiger partial charge in [-0.3, -0.25) is 4.79 Å². The van der Waals surface area contributed by atoms with Crippen LogP contribution in [0.3, 0.4) is 0 Å². The smallest absolute Gasteiger partial charge is 0.243 e. The SMILES string of the molecule is CC1CCCCC1NC(=NCC(=O)N(C)C)NC1CCOC2(CCCC2)C1. The summed E-state index contributed by atoms with van der Waals surface area (Å²) in [4.78, 5) is 18.3. The first kappa shape index (κ1) is 20.4. The van der Waals surface area contributed by atoms with Gasteiger partial charge in [0.05, 0.1) is 5.60 Å². The van der Waals surface area contributed by atoms with Gasteiger partial charge in [-0.05, 0) is 44.4 Å². The second-order valence-electron chi connectivity index (χ2n) is 9.04. The number of guanidine groups is 1. The van der Waals surface area contributed by atoms with E-state index in [1.807, 2.05) is 0 Å². The minimum atomic E-state index is 0.0343. The molecule has 1 spiro atoms. The molecular formula is C21H38N4O2. The Morgan fingerprint density at radius 1 is 1.11 bits per heavy atom. The Hall–Kier alpha value is -1.30. The number of carbonyl (C=O) groups is 1. The highest BCUT2D eigenvalue weighted by Gasteiger charge is 2.40. The summed E-state index contributed by atoms with van der Waals surface area (Å²) in [5, 5.41) is 7.31. The summed E-state index contributed by atoms with van der Waals surface area (Å²) in [5.74, 6) is 1.49. The fourth-order valence-corrected chi connectivity index (χ4v) is 4.84. The average molecular weight is 379 g/mol. The molecule has 6 nitrogen and oxygen atoms in total. The van der Waals surface area contributed by atoms with Crippen LogP contribution in [0.5, 0.6) is 0 Å². The van der Waals surface area contributed by atoms with Gasteiger partial charge >= 0.3 is 0 Å². The van der Waals surface area contributed by atoms with Crippen molar-refractivity contribution in [2.75, 3.05) is 27.2 Å². The monoisotopic (exact) mass is 378 g/mol. The molecular weight excluding hydrogens is 340 g/mol. The van der Waals surface area contributed by atoms with Crippen LogP contribution >= 0.6 is 0 Å². The Morgan fingerprint density at radius 3 is 2.56 bits per heavy atom. The van der Waals surface area contributed by atoms with E-state index in [1.165, 1.54) is 51.4 Å². The zero-order valence-corrected chi connectivity index (χ0v) is 17.4. The summed E-state index contributed by atoms with van der Waals surface area (Å²) in [6.45, 7) is 3.33. The van der Waals surface area contributed by atoms with Gasteiger partial charge in [-0.1, -0.05) is 32.6 Å². The predicted molar refractivity (Wildman–Crippen MR) is 109 cm³/mol. The Balaban J connectivity index is 1.64. The van der Waals surface area contributed by atoms with Crippen LogP contribution in [0, 0.1) is 5.92 Å². The van der Waals surface area contributed by atoms with Gasteiger partial charge in [-0.2, -0.15) is 0 Å². The standard InChI is InChI=1S/C21H38N4O2/c1-16-8-4-5-9-18(16)24-20(22-15-19(26)25(2)3)23-17-10-13-27-21(14-17)11-6-7-12-21/h16-18H,4-15H2,1-3H3,(H2,22,23,24). The highest BCUT2D eigenvalue weighted by Crippen LogP contribution is 2.40. The van der Waals surface area contributed by atoms with E-state index in [0.29, 0.717) is 18.0 Å². The third-order valence-electron chi connectivity index (χ3n) is 6.65. The molecule has 2 saturated carbocycles. The molecule has 0 aromatic heterocycles. The largest absolute Gasteiger partial charge is 0.375 e. The van der Waals surface area contributed by atoms with Crippen LogP contribution in [0.2, 0.25) is 0 Å². The van der Waals surface area contributed by atoms with Gasteiger partial charge in [0.25, 0.3) is 0 Å². The molecule has 1 heterocycles. The number of hydrogen-bond acceptors (Lipinski definition) is 3. The zero-order chi connectivity index (χ0) is 19.3. The first-order valence-corrected chi connectivity index (χ1v) is 10.9. The van der Waals surface area contributed by atoms with E-state index in [-0.39, 0.29) is 18.1 Å². The molecule has 1 saturated heterocycles. The van der Waals surface area contributed by atoms with E-state index in [9.17, 15) is 4.79 Å². The van der Waals surface area contributed by atoms with Crippen LogP contribution in [0.4, 0.5) is 0 Å². The van der Waals surface area contributed by atoms with Gasteiger partial charge in [0.2, 0.25) is 5.91 Å². The van der Waals surface area contributed by atoms with Crippen LogP contribution < -0.4 is 10.6 Å². The Morgan fingerprint density at radius 2 is 1.85 bits per heavy atom. The van der Waals surface area contributed by atoms with E-state index in [4.69, 9.17) is 4.74 Å². The van der Waals surface area contributed by atoms with Gasteiger partial charge in [0.1, 0.15) is 6.54 Å². The maximum atomic E-state index is 12.0. The van der Waals surface area contributed by atoms with Crippen LogP contribution in [0.15, 0.2) is 4.99 Å². The summed E-state index contributed by atoms with van der Waals surface area (Å²) in [7, 11) is 3.56. The lowest BCUT2D eigenvalue weighted by Gasteiger charge is -2.39. The number of likely N-dealkylation sites (N-methyl/N-ethyl adjacent to an activating group) is 1. The number of ether oxygens (including phenoxy) is 1. The predicted octanol–water partition coefficient (Wildman–Crippen LogP) is 2.68. The van der Waals surface area contributed by atoms with E-state index >= 15 is 0 Å². The number of nitrogens with zero attached hydrogens (tertiary/aromatic N) is 2. The second kappa shape index (κ2) is 9.26. The van der Waals surface area contributed by atoms with E-state index in [0.717, 1.165) is 25.4 Å². The molecule has 0 aromatic rings. The van der Waals surface area contributed by atoms with E-state index < -0.39 is 0 Å². The summed E-state index contributed by atoms with van der Waals surface area (Å²) < 4.78 is 6.17. The maximum Gasteiger partial charge on any atom is 0.243 e. The number of rotatable bonds is 4. The summed E-state index contributed by atoms with van der Waals surface area (Å²) in [5.41, 5.74) is 0.0820. The first-order chi connectivity index (χ1) is 13.0. The molecule has 27 heavy (non-hydrogen) atoms. The van der Waals surface area contributed by atoms with Crippen LogP contribution in [-0.4, -0.2) is 61.7 Å². The van der Waals surface area contributed by atoms with Gasteiger partial charge in [-0.25, -0.2) is 4.99 Å². The van der Waals surface area contributed by atoms with Crippen molar-refractivity contribution in [3.63, 3.8) is 0 Å². The Bertz CT molecular complexity index is 528. The number of carbonyl (C=O) groups excluding carboxylic acids is 1. The van der Waals surface area contributed by atoms with Crippen molar-refractivity contribution in [2.24, 2.45) is 10.9 Å². The average Bonchev–Trinajstić information content (AvgIpc) is 3.08. The molecule has 154 valence electrons. The second-order valence-corrected chi connectivity index (χ2v) is 9.04. The first-order valence-electron chi connectivity index (χ1n) is 10.9. The number of hydrogen-bond donors (Lipinski definition) is 2. The molecule has 3 rings (SSSR count). The van der Waals surface area contributed by atoms with Crippen LogP contribution in [0.25, 0.3) is 0 Å². The minimum absolute atomic E-state index is 0.0343. The molecule has 0 aromatic carbocycles. The number of amides is 1. The van der Waals surface area contributed by atoms with Gasteiger partial charge in [-0.15, -0.1) is 0 Å². The number of nitrogens with one attached hydrogen (secondary N) is 2. The van der Waals surface area contributed by atoms with Gasteiger partial charge in [0.15, 0.2) is 5.96 Å². The lowest BCUT2D eigenvalue weighted by atomic mass is 9.86. The highest BCUT2D eigenvalue weighted by atomic mass is 16.5. The van der Waals surface area contributed by atoms with E-state index in [2.05, 4.69) is 22.5 Å².